The fourth-order valence-corrected chi connectivity index (χ4v) is 6.33. The van der Waals surface area contributed by atoms with Crippen LogP contribution < -0.4 is 10.2 Å². The molecule has 1 aliphatic carbocycles. The van der Waals surface area contributed by atoms with Gasteiger partial charge in [0.25, 0.3) is 0 Å². The largest absolute Gasteiger partial charge is 0.496 e. The fraction of sp³-hybridized carbons (Fsp3) is 0.233. The standard InChI is InChI=1S/C30H25FN2O4S/c1-3-18-12-13-22-25(14-18)32-30-28(22)29(34)24-17-27(37-2)23(19-8-7-11-21(15-19)38(31,35)36)16-26(24)33(30)20-9-5-4-6-10-20/h1,7-8,11-17,20,32H,4-6,9-10H2,2H3. The molecule has 8 heteroatoms. The Morgan fingerprint density at radius 2 is 1.84 bits per heavy atom. The summed E-state index contributed by atoms with van der Waals surface area (Å²) in [6.45, 7) is 0. The number of nitrogens with one attached hydrogen (secondary N) is 1. The molecule has 38 heavy (non-hydrogen) atoms. The molecule has 3 aromatic carbocycles. The molecule has 0 bridgehead atoms. The molecule has 0 unspecified atom stereocenters. The maximum absolute atomic E-state index is 14.0. The molecule has 2 aromatic heterocycles. The van der Waals surface area contributed by atoms with Gasteiger partial charge in [0.15, 0.2) is 5.43 Å². The minimum atomic E-state index is -4.89. The Kier molecular flexibility index (Phi) is 5.77. The molecule has 1 fully saturated rings. The minimum Gasteiger partial charge on any atom is -0.496 e. The van der Waals surface area contributed by atoms with Gasteiger partial charge in [0, 0.05) is 28.1 Å². The van der Waals surface area contributed by atoms with Crippen molar-refractivity contribution in [2.45, 2.75) is 43.0 Å². The van der Waals surface area contributed by atoms with Crippen LogP contribution in [0.3, 0.4) is 0 Å². The highest BCUT2D eigenvalue weighted by Crippen LogP contribution is 2.40. The number of nitrogens with zero attached hydrogens (tertiary/aromatic N) is 1. The summed E-state index contributed by atoms with van der Waals surface area (Å²) in [5.74, 6) is 3.05. The Morgan fingerprint density at radius 1 is 1.05 bits per heavy atom. The zero-order valence-corrected chi connectivity index (χ0v) is 21.6. The summed E-state index contributed by atoms with van der Waals surface area (Å²) in [6.07, 6.45) is 10.9. The van der Waals surface area contributed by atoms with Crippen molar-refractivity contribution in [3.63, 3.8) is 0 Å². The first-order valence-corrected chi connectivity index (χ1v) is 13.9. The number of halogens is 1. The Hall–Kier alpha value is -4.09. The molecule has 192 valence electrons. The van der Waals surface area contributed by atoms with Crippen LogP contribution in [0.5, 0.6) is 5.75 Å². The van der Waals surface area contributed by atoms with Crippen LogP contribution in [0.15, 0.2) is 64.3 Å². The van der Waals surface area contributed by atoms with Gasteiger partial charge < -0.3 is 14.3 Å². The molecule has 0 saturated heterocycles. The Balaban J connectivity index is 1.74. The van der Waals surface area contributed by atoms with Gasteiger partial charge in [-0.05, 0) is 54.8 Å². The third kappa shape index (κ3) is 3.86. The summed E-state index contributed by atoms with van der Waals surface area (Å²) in [5, 5.41) is 1.90. The van der Waals surface area contributed by atoms with Gasteiger partial charge in [0.05, 0.1) is 28.3 Å². The molecule has 1 N–H and O–H groups in total. The fourth-order valence-electron chi connectivity index (χ4n) is 5.82. The minimum absolute atomic E-state index is 0.133. The van der Waals surface area contributed by atoms with E-state index in [2.05, 4.69) is 15.5 Å². The molecular weight excluding hydrogens is 503 g/mol. The lowest BCUT2D eigenvalue weighted by molar-refractivity contribution is 0.365. The van der Waals surface area contributed by atoms with Gasteiger partial charge in [0.1, 0.15) is 11.4 Å². The zero-order chi connectivity index (χ0) is 26.6. The van der Waals surface area contributed by atoms with Crippen molar-refractivity contribution >= 4 is 43.1 Å². The number of fused-ring (bicyclic) bond motifs is 4. The van der Waals surface area contributed by atoms with E-state index in [1.54, 1.807) is 12.1 Å². The number of rotatable bonds is 4. The molecule has 0 spiro atoms. The van der Waals surface area contributed by atoms with Crippen LogP contribution in [0, 0.1) is 12.3 Å². The van der Waals surface area contributed by atoms with Gasteiger partial charge in [-0.1, -0.05) is 43.4 Å². The number of H-pyrrole nitrogens is 1. The smallest absolute Gasteiger partial charge is 0.332 e. The molecule has 6 rings (SSSR count). The van der Waals surface area contributed by atoms with Gasteiger partial charge in [-0.2, -0.15) is 8.42 Å². The van der Waals surface area contributed by atoms with Gasteiger partial charge in [-0.3, -0.25) is 4.79 Å². The van der Waals surface area contributed by atoms with E-state index in [1.165, 1.54) is 31.7 Å². The van der Waals surface area contributed by atoms with E-state index in [-0.39, 0.29) is 11.5 Å². The summed E-state index contributed by atoms with van der Waals surface area (Å²) < 4.78 is 44.9. The van der Waals surface area contributed by atoms with Crippen molar-refractivity contribution in [2.75, 3.05) is 7.11 Å². The number of aromatic amines is 1. The summed E-state index contributed by atoms with van der Waals surface area (Å²) in [7, 11) is -3.40. The molecule has 5 aromatic rings. The van der Waals surface area contributed by atoms with E-state index in [0.29, 0.717) is 33.2 Å². The molecule has 0 atom stereocenters. The third-order valence-electron chi connectivity index (χ3n) is 7.60. The predicted molar refractivity (Wildman–Crippen MR) is 148 cm³/mol. The number of terminal acetylenes is 1. The van der Waals surface area contributed by atoms with Crippen LogP contribution in [-0.4, -0.2) is 25.1 Å². The Morgan fingerprint density at radius 3 is 2.55 bits per heavy atom. The maximum Gasteiger partial charge on any atom is 0.332 e. The molecule has 0 aliphatic heterocycles. The van der Waals surface area contributed by atoms with E-state index in [0.717, 1.165) is 47.8 Å². The molecular formula is C30H25FN2O4S. The second-order valence-electron chi connectivity index (χ2n) is 9.78. The first kappa shape index (κ1) is 24.3. The first-order chi connectivity index (χ1) is 18.3. The molecule has 2 heterocycles. The average molecular weight is 529 g/mol. The molecule has 1 saturated carbocycles. The quantitative estimate of drug-likeness (QED) is 0.215. The van der Waals surface area contributed by atoms with Gasteiger partial charge in [0.2, 0.25) is 0 Å². The lowest BCUT2D eigenvalue weighted by Gasteiger charge is -2.27. The van der Waals surface area contributed by atoms with Gasteiger partial charge in [-0.25, -0.2) is 0 Å². The monoisotopic (exact) mass is 528 g/mol. The summed E-state index contributed by atoms with van der Waals surface area (Å²) in [5.41, 5.74) is 3.86. The van der Waals surface area contributed by atoms with Crippen LogP contribution in [0.4, 0.5) is 3.89 Å². The second-order valence-corrected chi connectivity index (χ2v) is 11.1. The van der Waals surface area contributed by atoms with E-state index in [1.807, 2.05) is 24.3 Å². The van der Waals surface area contributed by atoms with Crippen molar-refractivity contribution in [1.82, 2.24) is 9.55 Å². The number of hydrogen-bond donors (Lipinski definition) is 1. The zero-order valence-electron chi connectivity index (χ0n) is 20.8. The lowest BCUT2D eigenvalue weighted by atomic mass is 9.93. The molecule has 0 radical (unpaired) electrons. The van der Waals surface area contributed by atoms with Gasteiger partial charge in [-0.15, -0.1) is 10.3 Å². The molecule has 6 nitrogen and oxygen atoms in total. The van der Waals surface area contributed by atoms with E-state index >= 15 is 0 Å². The molecule has 1 aliphatic rings. The van der Waals surface area contributed by atoms with Crippen LogP contribution >= 0.6 is 0 Å². The molecule has 0 amide bonds. The highest BCUT2D eigenvalue weighted by atomic mass is 32.3. The SMILES string of the molecule is C#Cc1ccc2c(c1)[nH]c1c2c(=O)c2cc(OC)c(-c3cccc(S(=O)(=O)F)c3)cc2n1C1CCCCC1. The lowest BCUT2D eigenvalue weighted by Crippen LogP contribution is -2.18. The van der Waals surface area contributed by atoms with Crippen LogP contribution in [0.1, 0.15) is 43.7 Å². The summed E-state index contributed by atoms with van der Waals surface area (Å²) in [4.78, 5) is 17.0. The van der Waals surface area contributed by atoms with E-state index in [4.69, 9.17) is 11.2 Å². The van der Waals surface area contributed by atoms with Crippen molar-refractivity contribution in [3.05, 3.63) is 70.4 Å². The number of methoxy groups -OCH3 is 1. The highest BCUT2D eigenvalue weighted by molar-refractivity contribution is 7.86. The predicted octanol–water partition coefficient (Wildman–Crippen LogP) is 6.46. The normalized spacial score (nSPS) is 14.8. The number of benzene rings is 3. The Labute approximate surface area is 219 Å². The third-order valence-corrected chi connectivity index (χ3v) is 8.42. The number of aromatic nitrogens is 2. The first-order valence-electron chi connectivity index (χ1n) is 12.5. The van der Waals surface area contributed by atoms with Crippen molar-refractivity contribution < 1.29 is 17.0 Å². The Bertz CT molecular complexity index is 1960. The average Bonchev–Trinajstić information content (AvgIpc) is 3.31. The second kappa shape index (κ2) is 9.03. The van der Waals surface area contributed by atoms with Crippen LogP contribution in [-0.2, 0) is 10.2 Å². The number of ether oxygens (including phenoxy) is 1. The summed E-state index contributed by atoms with van der Waals surface area (Å²) in [6, 6.07) is 15.0. The summed E-state index contributed by atoms with van der Waals surface area (Å²) >= 11 is 0. The van der Waals surface area contributed by atoms with E-state index in [9.17, 15) is 17.1 Å². The highest BCUT2D eigenvalue weighted by Gasteiger charge is 2.25. The van der Waals surface area contributed by atoms with Crippen molar-refractivity contribution in [3.8, 4) is 29.2 Å². The van der Waals surface area contributed by atoms with Crippen molar-refractivity contribution in [2.24, 2.45) is 0 Å². The maximum atomic E-state index is 14.0. The van der Waals surface area contributed by atoms with Gasteiger partial charge >= 0.3 is 10.2 Å². The van der Waals surface area contributed by atoms with Crippen LogP contribution in [0.2, 0.25) is 0 Å². The van der Waals surface area contributed by atoms with Crippen LogP contribution in [0.25, 0.3) is 44.0 Å². The number of hydrogen-bond acceptors (Lipinski definition) is 4. The number of pyridine rings is 1. The topological polar surface area (TPSA) is 81.2 Å². The van der Waals surface area contributed by atoms with Crippen molar-refractivity contribution in [1.29, 1.82) is 0 Å². The van der Waals surface area contributed by atoms with E-state index < -0.39 is 15.1 Å².